The summed E-state index contributed by atoms with van der Waals surface area (Å²) in [5.41, 5.74) is 0. The molecule has 0 fully saturated rings. The van der Waals surface area contributed by atoms with Crippen molar-refractivity contribution in [2.45, 2.75) is 13.8 Å². The van der Waals surface area contributed by atoms with Gasteiger partial charge in [-0.05, 0) is 6.92 Å². The number of rotatable bonds is 4. The number of hydrogen-bond donors (Lipinski definition) is 0. The molecule has 1 atom stereocenters. The fourth-order valence-electron chi connectivity index (χ4n) is 0.651. The summed E-state index contributed by atoms with van der Waals surface area (Å²) in [6, 6.07) is 0. The lowest BCUT2D eigenvalue weighted by Gasteiger charge is -2.07. The van der Waals surface area contributed by atoms with Crippen molar-refractivity contribution >= 4 is 25.7 Å². The molecule has 0 aliphatic rings. The van der Waals surface area contributed by atoms with Gasteiger partial charge in [-0.15, -0.1) is 0 Å². The Morgan fingerprint density at radius 3 is 2.42 bits per heavy atom. The van der Waals surface area contributed by atoms with Gasteiger partial charge in [0, 0.05) is 10.7 Å². The van der Waals surface area contributed by atoms with Crippen molar-refractivity contribution in [3.63, 3.8) is 0 Å². The molecule has 0 heterocycles. The topological polar surface area (TPSA) is 60.4 Å². The maximum atomic E-state index is 10.9. The smallest absolute Gasteiger partial charge is 0.309 e. The highest BCUT2D eigenvalue weighted by Crippen LogP contribution is 2.07. The van der Waals surface area contributed by atoms with Gasteiger partial charge in [-0.1, -0.05) is 6.92 Å². The van der Waals surface area contributed by atoms with Gasteiger partial charge in [-0.3, -0.25) is 4.79 Å². The van der Waals surface area contributed by atoms with Crippen LogP contribution in [0.4, 0.5) is 0 Å². The van der Waals surface area contributed by atoms with Crippen LogP contribution < -0.4 is 0 Å². The predicted octanol–water partition coefficient (Wildman–Crippen LogP) is 0.754. The van der Waals surface area contributed by atoms with E-state index in [2.05, 4.69) is 4.74 Å². The number of hydrogen-bond acceptors (Lipinski definition) is 4. The molecule has 0 N–H and O–H groups in total. The van der Waals surface area contributed by atoms with Crippen LogP contribution in [0.1, 0.15) is 13.8 Å². The third kappa shape index (κ3) is 5.37. The minimum Gasteiger partial charge on any atom is -0.466 e. The van der Waals surface area contributed by atoms with E-state index in [1.807, 2.05) is 0 Å². The van der Waals surface area contributed by atoms with Crippen LogP contribution in [0.3, 0.4) is 0 Å². The van der Waals surface area contributed by atoms with Crippen LogP contribution in [-0.4, -0.2) is 26.7 Å². The Hall–Kier alpha value is -0.290. The number of carbonyl (C=O) groups excluding carboxylic acids is 1. The second-order valence-electron chi connectivity index (χ2n) is 2.36. The molecule has 0 spiro atoms. The van der Waals surface area contributed by atoms with Crippen molar-refractivity contribution < 1.29 is 17.9 Å². The Morgan fingerprint density at radius 1 is 1.58 bits per heavy atom. The van der Waals surface area contributed by atoms with Crippen molar-refractivity contribution in [3.05, 3.63) is 0 Å². The molecule has 0 radical (unpaired) electrons. The molecule has 0 aromatic rings. The SMILES string of the molecule is CCOC(=O)C(C)CS(=O)(=O)Cl. The van der Waals surface area contributed by atoms with Crippen molar-refractivity contribution in [2.75, 3.05) is 12.4 Å². The maximum absolute atomic E-state index is 10.9. The Kier molecular flexibility index (Phi) is 4.55. The monoisotopic (exact) mass is 214 g/mol. The van der Waals surface area contributed by atoms with E-state index in [4.69, 9.17) is 10.7 Å². The normalized spacial score (nSPS) is 13.9. The molecule has 0 rings (SSSR count). The van der Waals surface area contributed by atoms with Crippen molar-refractivity contribution in [2.24, 2.45) is 5.92 Å². The molecule has 12 heavy (non-hydrogen) atoms. The van der Waals surface area contributed by atoms with Crippen LogP contribution in [-0.2, 0) is 18.6 Å². The molecule has 1 unspecified atom stereocenters. The van der Waals surface area contributed by atoms with Crippen LogP contribution in [0.15, 0.2) is 0 Å². The maximum Gasteiger partial charge on any atom is 0.309 e. The molecule has 0 aliphatic carbocycles. The Bertz CT molecular complexity index is 246. The van der Waals surface area contributed by atoms with Crippen molar-refractivity contribution in [1.82, 2.24) is 0 Å². The van der Waals surface area contributed by atoms with E-state index in [-0.39, 0.29) is 12.4 Å². The first kappa shape index (κ1) is 11.7. The highest BCUT2D eigenvalue weighted by atomic mass is 35.7. The molecule has 0 aromatic heterocycles. The lowest BCUT2D eigenvalue weighted by Crippen LogP contribution is -2.21. The zero-order valence-electron chi connectivity index (χ0n) is 6.91. The Morgan fingerprint density at radius 2 is 2.08 bits per heavy atom. The van der Waals surface area contributed by atoms with Gasteiger partial charge in [0.25, 0.3) is 0 Å². The van der Waals surface area contributed by atoms with Gasteiger partial charge in [0.05, 0.1) is 18.3 Å². The molecule has 0 aromatic carbocycles. The highest BCUT2D eigenvalue weighted by molar-refractivity contribution is 8.13. The number of ether oxygens (including phenoxy) is 1. The van der Waals surface area contributed by atoms with Gasteiger partial charge in [-0.2, -0.15) is 0 Å². The first-order valence-electron chi connectivity index (χ1n) is 3.45. The van der Waals surface area contributed by atoms with E-state index in [9.17, 15) is 13.2 Å². The molecule has 0 saturated carbocycles. The van der Waals surface area contributed by atoms with Gasteiger partial charge in [-0.25, -0.2) is 8.42 Å². The standard InChI is InChI=1S/C6H11ClO4S/c1-3-11-6(8)5(2)4-12(7,9)10/h5H,3-4H2,1-2H3. The van der Waals surface area contributed by atoms with Gasteiger partial charge in [0.1, 0.15) is 0 Å². The molecule has 0 amide bonds. The molecular weight excluding hydrogens is 204 g/mol. The average Bonchev–Trinajstić information content (AvgIpc) is 1.84. The predicted molar refractivity (Wildman–Crippen MR) is 45.4 cm³/mol. The lowest BCUT2D eigenvalue weighted by atomic mass is 10.2. The lowest BCUT2D eigenvalue weighted by molar-refractivity contribution is -0.146. The Balaban J connectivity index is 4.05. The van der Waals surface area contributed by atoms with E-state index in [1.54, 1.807) is 6.92 Å². The Labute approximate surface area is 76.3 Å². The average molecular weight is 215 g/mol. The third-order valence-electron chi connectivity index (χ3n) is 1.14. The van der Waals surface area contributed by atoms with Crippen LogP contribution in [0.2, 0.25) is 0 Å². The number of halogens is 1. The van der Waals surface area contributed by atoms with E-state index in [0.717, 1.165) is 0 Å². The molecular formula is C6H11ClO4S. The van der Waals surface area contributed by atoms with Gasteiger partial charge < -0.3 is 4.74 Å². The second-order valence-corrected chi connectivity index (χ2v) is 5.18. The zero-order valence-corrected chi connectivity index (χ0v) is 8.48. The molecule has 0 aliphatic heterocycles. The quantitative estimate of drug-likeness (QED) is 0.512. The molecule has 0 bridgehead atoms. The summed E-state index contributed by atoms with van der Waals surface area (Å²) in [7, 11) is 1.32. The summed E-state index contributed by atoms with van der Waals surface area (Å²) in [4.78, 5) is 10.9. The third-order valence-corrected chi connectivity index (χ3v) is 2.41. The summed E-state index contributed by atoms with van der Waals surface area (Å²) in [5.74, 6) is -1.62. The van der Waals surface area contributed by atoms with Crippen molar-refractivity contribution in [1.29, 1.82) is 0 Å². The van der Waals surface area contributed by atoms with E-state index < -0.39 is 20.9 Å². The summed E-state index contributed by atoms with van der Waals surface area (Å²) in [6.07, 6.45) is 0. The first-order valence-corrected chi connectivity index (χ1v) is 5.93. The van der Waals surface area contributed by atoms with Gasteiger partial charge in [0.2, 0.25) is 9.05 Å². The zero-order chi connectivity index (χ0) is 9.78. The molecule has 0 saturated heterocycles. The van der Waals surface area contributed by atoms with Crippen molar-refractivity contribution in [3.8, 4) is 0 Å². The number of carbonyl (C=O) groups is 1. The summed E-state index contributed by atoms with van der Waals surface area (Å²) < 4.78 is 25.6. The fraction of sp³-hybridized carbons (Fsp3) is 0.833. The van der Waals surface area contributed by atoms with Crippen LogP contribution >= 0.6 is 10.7 Å². The minimum absolute atomic E-state index is 0.242. The van der Waals surface area contributed by atoms with Crippen LogP contribution in [0.5, 0.6) is 0 Å². The first-order chi connectivity index (χ1) is 5.37. The summed E-state index contributed by atoms with van der Waals surface area (Å²) in [6.45, 7) is 3.35. The highest BCUT2D eigenvalue weighted by Gasteiger charge is 2.20. The van der Waals surface area contributed by atoms with Gasteiger partial charge >= 0.3 is 5.97 Å². The number of esters is 1. The fourth-order valence-corrected chi connectivity index (χ4v) is 1.95. The van der Waals surface area contributed by atoms with E-state index in [1.165, 1.54) is 6.92 Å². The van der Waals surface area contributed by atoms with E-state index >= 15 is 0 Å². The molecule has 6 heteroatoms. The van der Waals surface area contributed by atoms with Gasteiger partial charge in [0.15, 0.2) is 0 Å². The largest absolute Gasteiger partial charge is 0.466 e. The van der Waals surface area contributed by atoms with Crippen LogP contribution in [0, 0.1) is 5.92 Å². The molecule has 72 valence electrons. The van der Waals surface area contributed by atoms with E-state index in [0.29, 0.717) is 0 Å². The molecule has 4 nitrogen and oxygen atoms in total. The summed E-state index contributed by atoms with van der Waals surface area (Å²) in [5, 5.41) is 0. The van der Waals surface area contributed by atoms with Crippen LogP contribution in [0.25, 0.3) is 0 Å². The second kappa shape index (κ2) is 4.67. The minimum atomic E-state index is -3.62. The summed E-state index contributed by atoms with van der Waals surface area (Å²) >= 11 is 0.